The zero-order chi connectivity index (χ0) is 15.8. The molecule has 4 heterocycles. The summed E-state index contributed by atoms with van der Waals surface area (Å²) >= 11 is 0. The van der Waals surface area contributed by atoms with E-state index in [1.807, 2.05) is 26.2 Å². The molecule has 0 saturated carbocycles. The van der Waals surface area contributed by atoms with Crippen molar-refractivity contribution in [2.24, 2.45) is 7.05 Å². The molecule has 0 unspecified atom stereocenters. The molecule has 0 bridgehead atoms. The van der Waals surface area contributed by atoms with Gasteiger partial charge in [-0.25, -0.2) is 9.67 Å². The predicted molar refractivity (Wildman–Crippen MR) is 84.5 cm³/mol. The molecule has 9 nitrogen and oxygen atoms in total. The van der Waals surface area contributed by atoms with Gasteiger partial charge in [0.15, 0.2) is 0 Å². The van der Waals surface area contributed by atoms with Crippen LogP contribution in [0.15, 0.2) is 24.7 Å². The number of pyridine rings is 1. The molecule has 0 fully saturated rings. The summed E-state index contributed by atoms with van der Waals surface area (Å²) in [5.74, 6) is 0. The van der Waals surface area contributed by atoms with Crippen molar-refractivity contribution >= 4 is 16.7 Å². The van der Waals surface area contributed by atoms with Crippen molar-refractivity contribution in [3.05, 3.63) is 35.9 Å². The molecule has 3 N–H and O–H groups in total. The van der Waals surface area contributed by atoms with E-state index >= 15 is 0 Å². The molecule has 0 aliphatic heterocycles. The fourth-order valence-electron chi connectivity index (χ4n) is 2.47. The van der Waals surface area contributed by atoms with Crippen molar-refractivity contribution < 1.29 is 0 Å². The molecule has 0 aliphatic carbocycles. The Morgan fingerprint density at radius 1 is 1.22 bits per heavy atom. The first-order chi connectivity index (χ1) is 11.2. The van der Waals surface area contributed by atoms with Gasteiger partial charge in [0.25, 0.3) is 0 Å². The predicted octanol–water partition coefficient (Wildman–Crippen LogP) is 1.40. The van der Waals surface area contributed by atoms with Gasteiger partial charge in [0, 0.05) is 31.5 Å². The van der Waals surface area contributed by atoms with E-state index in [1.54, 1.807) is 17.1 Å². The third kappa shape index (κ3) is 2.31. The number of anilines is 1. The molecule has 0 aromatic carbocycles. The summed E-state index contributed by atoms with van der Waals surface area (Å²) in [6, 6.07) is 1.96. The highest BCUT2D eigenvalue weighted by Crippen LogP contribution is 2.26. The summed E-state index contributed by atoms with van der Waals surface area (Å²) in [5, 5.41) is 25.4. The third-order valence-electron chi connectivity index (χ3n) is 3.78. The monoisotopic (exact) mass is 309 g/mol. The van der Waals surface area contributed by atoms with E-state index in [0.29, 0.717) is 6.54 Å². The van der Waals surface area contributed by atoms with Gasteiger partial charge in [0.05, 0.1) is 23.3 Å². The van der Waals surface area contributed by atoms with Gasteiger partial charge in [0.2, 0.25) is 0 Å². The molecular weight excluding hydrogens is 294 g/mol. The molecule has 0 spiro atoms. The van der Waals surface area contributed by atoms with Crippen molar-refractivity contribution in [3.63, 3.8) is 0 Å². The second-order valence-electron chi connectivity index (χ2n) is 5.27. The molecule has 23 heavy (non-hydrogen) atoms. The van der Waals surface area contributed by atoms with Crippen molar-refractivity contribution in [1.82, 2.24) is 40.4 Å². The largest absolute Gasteiger partial charge is 0.379 e. The molecule has 116 valence electrons. The van der Waals surface area contributed by atoms with Crippen molar-refractivity contribution in [2.45, 2.75) is 13.5 Å². The Morgan fingerprint density at radius 3 is 2.83 bits per heavy atom. The molecule has 0 atom stereocenters. The van der Waals surface area contributed by atoms with E-state index in [4.69, 9.17) is 0 Å². The highest BCUT2D eigenvalue weighted by molar-refractivity contribution is 5.89. The number of hydrogen-bond donors (Lipinski definition) is 3. The fourth-order valence-corrected chi connectivity index (χ4v) is 2.47. The topological polar surface area (TPSA) is 113 Å². The molecule has 4 aromatic heterocycles. The Labute approximate surface area is 131 Å². The molecule has 4 rings (SSSR count). The number of aryl methyl sites for hydroxylation is 2. The minimum Gasteiger partial charge on any atom is -0.379 e. The van der Waals surface area contributed by atoms with Crippen molar-refractivity contribution in [3.8, 4) is 11.4 Å². The Kier molecular flexibility index (Phi) is 3.04. The smallest absolute Gasteiger partial charge is 0.134 e. The minimum absolute atomic E-state index is 0.650. The summed E-state index contributed by atoms with van der Waals surface area (Å²) in [5.41, 5.74) is 6.19. The normalized spacial score (nSPS) is 11.2. The Hall–Kier alpha value is -3.23. The Balaban J connectivity index is 1.74. The first-order valence-electron chi connectivity index (χ1n) is 7.15. The van der Waals surface area contributed by atoms with Crippen LogP contribution in [0, 0.1) is 6.92 Å². The van der Waals surface area contributed by atoms with E-state index in [9.17, 15) is 0 Å². The van der Waals surface area contributed by atoms with Gasteiger partial charge in [-0.05, 0) is 13.0 Å². The lowest BCUT2D eigenvalue weighted by atomic mass is 10.2. The van der Waals surface area contributed by atoms with Gasteiger partial charge in [-0.3, -0.25) is 10.2 Å². The molecule has 9 heteroatoms. The fraction of sp³-hybridized carbons (Fsp3) is 0.214. The van der Waals surface area contributed by atoms with Gasteiger partial charge in [0.1, 0.15) is 16.7 Å². The molecule has 4 aromatic rings. The van der Waals surface area contributed by atoms with Gasteiger partial charge in [-0.15, -0.1) is 5.10 Å². The highest BCUT2D eigenvalue weighted by atomic mass is 15.4. The summed E-state index contributed by atoms with van der Waals surface area (Å²) in [7, 11) is 1.84. The van der Waals surface area contributed by atoms with Crippen LogP contribution in [-0.4, -0.2) is 40.4 Å². The van der Waals surface area contributed by atoms with Crippen molar-refractivity contribution in [2.75, 3.05) is 5.32 Å². The Bertz CT molecular complexity index is 962. The number of rotatable bonds is 4. The first kappa shape index (κ1) is 13.4. The SMILES string of the molecule is Cc1n[nH]cc1CNc1cc(-c2cnnn2C)nc2c[nH]nc12. The third-order valence-corrected chi connectivity index (χ3v) is 3.78. The average molecular weight is 309 g/mol. The van der Waals surface area contributed by atoms with Crippen LogP contribution >= 0.6 is 0 Å². The van der Waals surface area contributed by atoms with Crippen LogP contribution in [0.5, 0.6) is 0 Å². The zero-order valence-corrected chi connectivity index (χ0v) is 12.7. The Morgan fingerprint density at radius 2 is 2.09 bits per heavy atom. The molecule has 0 saturated heterocycles. The molecule has 0 amide bonds. The number of aromatic amines is 2. The van der Waals surface area contributed by atoms with Crippen LogP contribution in [0.1, 0.15) is 11.3 Å². The van der Waals surface area contributed by atoms with Crippen LogP contribution in [0.4, 0.5) is 5.69 Å². The summed E-state index contributed by atoms with van der Waals surface area (Å²) in [6.07, 6.45) is 5.35. The average Bonchev–Trinajstić information content (AvgIpc) is 3.25. The first-order valence-corrected chi connectivity index (χ1v) is 7.15. The second-order valence-corrected chi connectivity index (χ2v) is 5.27. The zero-order valence-electron chi connectivity index (χ0n) is 12.7. The van der Waals surface area contributed by atoms with Gasteiger partial charge >= 0.3 is 0 Å². The molecular formula is C14H15N9. The van der Waals surface area contributed by atoms with E-state index in [-0.39, 0.29) is 0 Å². The van der Waals surface area contributed by atoms with Gasteiger partial charge in [-0.2, -0.15) is 10.2 Å². The van der Waals surface area contributed by atoms with Crippen LogP contribution in [-0.2, 0) is 13.6 Å². The summed E-state index contributed by atoms with van der Waals surface area (Å²) < 4.78 is 1.69. The van der Waals surface area contributed by atoms with Crippen LogP contribution < -0.4 is 5.32 Å². The maximum atomic E-state index is 4.61. The van der Waals surface area contributed by atoms with Crippen LogP contribution in [0.3, 0.4) is 0 Å². The standard InChI is InChI=1S/C14H15N9/c1-8-9(5-16-20-8)4-15-11-3-10(13-7-18-22-23(13)2)19-12-6-17-21-14(11)12/h3,5-7H,4H2,1-2H3,(H,15,19)(H,16,20)(H,17,21). The number of nitrogens with one attached hydrogen (secondary N) is 3. The van der Waals surface area contributed by atoms with Crippen molar-refractivity contribution in [1.29, 1.82) is 0 Å². The van der Waals surface area contributed by atoms with Gasteiger partial charge in [-0.1, -0.05) is 5.21 Å². The number of nitrogens with zero attached hydrogens (tertiary/aromatic N) is 6. The number of fused-ring (bicyclic) bond motifs is 1. The van der Waals surface area contributed by atoms with Crippen LogP contribution in [0.2, 0.25) is 0 Å². The maximum absolute atomic E-state index is 4.61. The molecule has 0 radical (unpaired) electrons. The quantitative estimate of drug-likeness (QED) is 0.525. The van der Waals surface area contributed by atoms with E-state index < -0.39 is 0 Å². The number of aromatic nitrogens is 8. The lowest BCUT2D eigenvalue weighted by Crippen LogP contribution is -2.02. The van der Waals surface area contributed by atoms with Gasteiger partial charge < -0.3 is 5.32 Å². The summed E-state index contributed by atoms with van der Waals surface area (Å²) in [6.45, 7) is 2.62. The van der Waals surface area contributed by atoms with E-state index in [1.165, 1.54) is 0 Å². The van der Waals surface area contributed by atoms with E-state index in [0.717, 1.165) is 39.4 Å². The summed E-state index contributed by atoms with van der Waals surface area (Å²) in [4.78, 5) is 4.61. The highest BCUT2D eigenvalue weighted by Gasteiger charge is 2.13. The number of H-pyrrole nitrogens is 2. The van der Waals surface area contributed by atoms with E-state index in [2.05, 4.69) is 41.0 Å². The lowest BCUT2D eigenvalue weighted by molar-refractivity contribution is 0.719. The number of hydrogen-bond acceptors (Lipinski definition) is 6. The maximum Gasteiger partial charge on any atom is 0.134 e. The second kappa shape index (κ2) is 5.20. The van der Waals surface area contributed by atoms with Crippen LogP contribution in [0.25, 0.3) is 22.4 Å². The lowest BCUT2D eigenvalue weighted by Gasteiger charge is -2.08. The molecule has 0 aliphatic rings. The minimum atomic E-state index is 0.650.